The smallest absolute Gasteiger partial charge is 0.253 e. The summed E-state index contributed by atoms with van der Waals surface area (Å²) in [5.41, 5.74) is 0.119. The number of halogens is 1. The van der Waals surface area contributed by atoms with E-state index in [0.717, 1.165) is 25.7 Å². The Morgan fingerprint density at radius 1 is 1.32 bits per heavy atom. The van der Waals surface area contributed by atoms with Gasteiger partial charge < -0.3 is 5.32 Å². The summed E-state index contributed by atoms with van der Waals surface area (Å²) in [6, 6.07) is 3.85. The number of amides is 1. The maximum Gasteiger partial charge on any atom is 0.253 e. The van der Waals surface area contributed by atoms with Crippen molar-refractivity contribution in [3.63, 3.8) is 0 Å². The van der Waals surface area contributed by atoms with Gasteiger partial charge in [-0.05, 0) is 31.5 Å². The Bertz CT molecular complexity index is 617. The molecular weight excluding hydrogens is 324 g/mol. The largest absolute Gasteiger partial charge is 0.350 e. The fourth-order valence-electron chi connectivity index (χ4n) is 2.11. The van der Waals surface area contributed by atoms with E-state index in [1.54, 1.807) is 0 Å². The van der Waals surface area contributed by atoms with E-state index in [4.69, 9.17) is 16.7 Å². The van der Waals surface area contributed by atoms with Crippen LogP contribution in [-0.2, 0) is 10.0 Å². The maximum atomic E-state index is 12.2. The zero-order valence-corrected chi connectivity index (χ0v) is 14.5. The molecule has 124 valence electrons. The van der Waals surface area contributed by atoms with Crippen LogP contribution in [0, 0.1) is 0 Å². The maximum absolute atomic E-state index is 12.2. The highest BCUT2D eigenvalue weighted by Gasteiger charge is 2.17. The van der Waals surface area contributed by atoms with E-state index in [2.05, 4.69) is 12.2 Å². The molecule has 1 amide bonds. The van der Waals surface area contributed by atoms with Crippen LogP contribution < -0.4 is 10.5 Å². The normalized spacial score (nSPS) is 12.9. The summed E-state index contributed by atoms with van der Waals surface area (Å²) in [5, 5.41) is 8.10. The number of primary sulfonamides is 1. The van der Waals surface area contributed by atoms with Crippen molar-refractivity contribution < 1.29 is 13.2 Å². The monoisotopic (exact) mass is 346 g/mol. The van der Waals surface area contributed by atoms with Crippen LogP contribution in [0.15, 0.2) is 23.1 Å². The molecule has 0 heterocycles. The van der Waals surface area contributed by atoms with Gasteiger partial charge in [0.1, 0.15) is 0 Å². The predicted molar refractivity (Wildman–Crippen MR) is 88.5 cm³/mol. The second-order valence-electron chi connectivity index (χ2n) is 5.41. The Hall–Kier alpha value is -1.11. The molecule has 3 N–H and O–H groups in total. The van der Waals surface area contributed by atoms with E-state index in [9.17, 15) is 13.2 Å². The second-order valence-corrected chi connectivity index (χ2v) is 7.38. The van der Waals surface area contributed by atoms with Crippen molar-refractivity contribution in [2.45, 2.75) is 56.9 Å². The van der Waals surface area contributed by atoms with E-state index < -0.39 is 15.9 Å². The third-order valence-corrected chi connectivity index (χ3v) is 4.62. The van der Waals surface area contributed by atoms with Crippen molar-refractivity contribution in [1.82, 2.24) is 5.32 Å². The minimum atomic E-state index is -3.86. The molecule has 0 aromatic heterocycles. The lowest BCUT2D eigenvalue weighted by Crippen LogP contribution is -2.32. The topological polar surface area (TPSA) is 89.3 Å². The average molecular weight is 347 g/mol. The standard InChI is InChI=1S/C15H23ClN2O3S/c1-3-4-5-6-7-11(2)18-15(19)13-10-12(22(17,20)21)8-9-14(13)16/h8-11H,3-7H2,1-2H3,(H,18,19)(H2,17,20,21)/t11-/m1/s1. The highest BCUT2D eigenvalue weighted by atomic mass is 35.5. The number of nitrogens with one attached hydrogen (secondary N) is 1. The first-order valence-corrected chi connectivity index (χ1v) is 9.31. The molecule has 0 spiro atoms. The van der Waals surface area contributed by atoms with Crippen LogP contribution in [0.2, 0.25) is 5.02 Å². The van der Waals surface area contributed by atoms with E-state index in [1.165, 1.54) is 24.6 Å². The zero-order chi connectivity index (χ0) is 16.8. The molecule has 7 heteroatoms. The molecule has 0 saturated carbocycles. The van der Waals surface area contributed by atoms with Crippen LogP contribution in [0.5, 0.6) is 0 Å². The Morgan fingerprint density at radius 2 is 2.00 bits per heavy atom. The lowest BCUT2D eigenvalue weighted by atomic mass is 10.1. The van der Waals surface area contributed by atoms with Crippen molar-refractivity contribution in [3.05, 3.63) is 28.8 Å². The van der Waals surface area contributed by atoms with Gasteiger partial charge in [-0.2, -0.15) is 0 Å². The Labute approximate surface area is 137 Å². The Balaban J connectivity index is 2.73. The van der Waals surface area contributed by atoms with Gasteiger partial charge in [-0.1, -0.05) is 44.2 Å². The molecular formula is C15H23ClN2O3S. The third kappa shape index (κ3) is 5.94. The molecule has 1 rings (SSSR count). The lowest BCUT2D eigenvalue weighted by molar-refractivity contribution is 0.0938. The van der Waals surface area contributed by atoms with Crippen LogP contribution in [0.1, 0.15) is 56.3 Å². The molecule has 0 aliphatic heterocycles. The van der Waals surface area contributed by atoms with Gasteiger partial charge in [-0.15, -0.1) is 0 Å². The van der Waals surface area contributed by atoms with Crippen LogP contribution in [0.25, 0.3) is 0 Å². The number of nitrogens with two attached hydrogens (primary N) is 1. The first-order valence-electron chi connectivity index (χ1n) is 7.39. The molecule has 1 aromatic carbocycles. The molecule has 22 heavy (non-hydrogen) atoms. The van der Waals surface area contributed by atoms with Crippen LogP contribution in [0.3, 0.4) is 0 Å². The van der Waals surface area contributed by atoms with Gasteiger partial charge >= 0.3 is 0 Å². The Kier molecular flexibility index (Phi) is 7.32. The molecule has 0 aliphatic rings. The zero-order valence-electron chi connectivity index (χ0n) is 12.9. The van der Waals surface area contributed by atoms with Crippen molar-refractivity contribution in [3.8, 4) is 0 Å². The predicted octanol–water partition coefficient (Wildman–Crippen LogP) is 3.08. The van der Waals surface area contributed by atoms with E-state index in [-0.39, 0.29) is 21.5 Å². The SMILES string of the molecule is CCCCCC[C@@H](C)NC(=O)c1cc(S(N)(=O)=O)ccc1Cl. The van der Waals surface area contributed by atoms with Crippen LogP contribution >= 0.6 is 11.6 Å². The average Bonchev–Trinajstić information content (AvgIpc) is 2.42. The molecule has 0 unspecified atom stereocenters. The number of carbonyl (C=O) groups excluding carboxylic acids is 1. The molecule has 5 nitrogen and oxygen atoms in total. The summed E-state index contributed by atoms with van der Waals surface area (Å²) in [6.07, 6.45) is 5.40. The van der Waals surface area contributed by atoms with Gasteiger partial charge in [-0.3, -0.25) is 4.79 Å². The number of benzene rings is 1. The van der Waals surface area contributed by atoms with Crippen molar-refractivity contribution in [2.24, 2.45) is 5.14 Å². The summed E-state index contributed by atoms with van der Waals surface area (Å²) in [7, 11) is -3.86. The van der Waals surface area contributed by atoms with E-state index >= 15 is 0 Å². The lowest BCUT2D eigenvalue weighted by Gasteiger charge is -2.14. The van der Waals surface area contributed by atoms with Crippen LogP contribution in [0.4, 0.5) is 0 Å². The number of unbranched alkanes of at least 4 members (excludes halogenated alkanes) is 3. The van der Waals surface area contributed by atoms with Crippen LogP contribution in [-0.4, -0.2) is 20.4 Å². The fraction of sp³-hybridized carbons (Fsp3) is 0.533. The molecule has 0 radical (unpaired) electrons. The molecule has 0 aliphatic carbocycles. The summed E-state index contributed by atoms with van der Waals surface area (Å²) in [6.45, 7) is 4.06. The van der Waals surface area contributed by atoms with E-state index in [0.29, 0.717) is 0 Å². The quantitative estimate of drug-likeness (QED) is 0.709. The summed E-state index contributed by atoms with van der Waals surface area (Å²) in [5.74, 6) is -0.390. The number of hydrogen-bond acceptors (Lipinski definition) is 3. The van der Waals surface area contributed by atoms with Crippen molar-refractivity contribution in [1.29, 1.82) is 0 Å². The third-order valence-electron chi connectivity index (χ3n) is 3.38. The molecule has 0 fully saturated rings. The Morgan fingerprint density at radius 3 is 2.59 bits per heavy atom. The second kappa shape index (κ2) is 8.50. The van der Waals surface area contributed by atoms with Gasteiger partial charge in [0.25, 0.3) is 5.91 Å². The minimum Gasteiger partial charge on any atom is -0.350 e. The number of hydrogen-bond donors (Lipinski definition) is 2. The highest BCUT2D eigenvalue weighted by molar-refractivity contribution is 7.89. The van der Waals surface area contributed by atoms with Gasteiger partial charge in [-0.25, -0.2) is 13.6 Å². The first kappa shape index (κ1) is 18.9. The summed E-state index contributed by atoms with van der Waals surface area (Å²) < 4.78 is 22.7. The highest BCUT2D eigenvalue weighted by Crippen LogP contribution is 2.20. The fourth-order valence-corrected chi connectivity index (χ4v) is 2.85. The molecule has 0 bridgehead atoms. The summed E-state index contributed by atoms with van der Waals surface area (Å²) >= 11 is 5.97. The number of rotatable bonds is 8. The molecule has 1 aromatic rings. The molecule has 0 saturated heterocycles. The van der Waals surface area contributed by atoms with Gasteiger partial charge in [0.15, 0.2) is 0 Å². The van der Waals surface area contributed by atoms with Crippen molar-refractivity contribution >= 4 is 27.5 Å². The minimum absolute atomic E-state index is 0.00133. The van der Waals surface area contributed by atoms with E-state index in [1.807, 2.05) is 6.92 Å². The number of sulfonamides is 1. The van der Waals surface area contributed by atoms with Gasteiger partial charge in [0.05, 0.1) is 15.5 Å². The first-order chi connectivity index (χ1) is 10.3. The summed E-state index contributed by atoms with van der Waals surface area (Å²) in [4.78, 5) is 12.1. The van der Waals surface area contributed by atoms with Gasteiger partial charge in [0.2, 0.25) is 10.0 Å². The number of carbonyl (C=O) groups is 1. The molecule has 1 atom stereocenters. The van der Waals surface area contributed by atoms with Gasteiger partial charge in [0, 0.05) is 6.04 Å². The van der Waals surface area contributed by atoms with Crippen molar-refractivity contribution in [2.75, 3.05) is 0 Å².